The van der Waals surface area contributed by atoms with Gasteiger partial charge in [0, 0.05) is 31.0 Å². The van der Waals surface area contributed by atoms with Crippen molar-refractivity contribution in [3.8, 4) is 27.8 Å². The van der Waals surface area contributed by atoms with Crippen molar-refractivity contribution in [1.82, 2.24) is 4.98 Å². The fraction of sp³-hybridized carbons (Fsp3) is 0.250. The first kappa shape index (κ1) is 26.6. The first-order valence-electron chi connectivity index (χ1n) is 10.2. The summed E-state index contributed by atoms with van der Waals surface area (Å²) in [5.74, 6) is 1.62. The minimum atomic E-state index is 0.0281. The molecule has 0 unspecified atom stereocenters. The van der Waals surface area contributed by atoms with Crippen molar-refractivity contribution in [1.29, 1.82) is 0 Å². The van der Waals surface area contributed by atoms with Crippen molar-refractivity contribution < 1.29 is 19.0 Å². The number of nitrogens with zero attached hydrogens (tertiary/aromatic N) is 1. The number of benzene rings is 2. The number of thiazole rings is 1. The van der Waals surface area contributed by atoms with E-state index in [-0.39, 0.29) is 16.9 Å². The van der Waals surface area contributed by atoms with Crippen molar-refractivity contribution in [3.05, 3.63) is 67.6 Å². The molecule has 1 heterocycles. The molecule has 2 aromatic carbocycles. The van der Waals surface area contributed by atoms with Crippen LogP contribution in [0.2, 0.25) is 10.0 Å². The van der Waals surface area contributed by atoms with Crippen LogP contribution < -0.4 is 14.2 Å². The van der Waals surface area contributed by atoms with Crippen molar-refractivity contribution in [2.24, 2.45) is 0 Å². The summed E-state index contributed by atoms with van der Waals surface area (Å²) < 4.78 is 17.1. The van der Waals surface area contributed by atoms with Crippen molar-refractivity contribution in [2.45, 2.75) is 20.3 Å². The van der Waals surface area contributed by atoms with Gasteiger partial charge in [-0.15, -0.1) is 11.3 Å². The molecule has 0 amide bonds. The summed E-state index contributed by atoms with van der Waals surface area (Å²) in [6, 6.07) is 10.8. The highest BCUT2D eigenvalue weighted by Gasteiger charge is 2.13. The highest BCUT2D eigenvalue weighted by molar-refractivity contribution is 7.17. The summed E-state index contributed by atoms with van der Waals surface area (Å²) in [6.07, 6.45) is 2.13. The van der Waals surface area contributed by atoms with E-state index in [0.717, 1.165) is 22.0 Å². The Morgan fingerprint density at radius 1 is 1.00 bits per heavy atom. The lowest BCUT2D eigenvalue weighted by molar-refractivity contribution is 0.102. The van der Waals surface area contributed by atoms with E-state index in [1.165, 1.54) is 17.4 Å². The second kappa shape index (κ2) is 12.7. The maximum Gasteiger partial charge on any atom is 0.171 e. The molecule has 0 saturated heterocycles. The van der Waals surface area contributed by atoms with Crippen LogP contribution in [0.3, 0.4) is 0 Å². The highest BCUT2D eigenvalue weighted by Crippen LogP contribution is 2.37. The first-order valence-corrected chi connectivity index (χ1v) is 12.5. The van der Waals surface area contributed by atoms with Crippen molar-refractivity contribution >= 4 is 63.5 Å². The third-order valence-corrected chi connectivity index (χ3v) is 6.66. The quantitative estimate of drug-likeness (QED) is 0.175. The number of carbonyl (C=O) groups excluding carboxylic acids is 1. The zero-order chi connectivity index (χ0) is 24.7. The first-order chi connectivity index (χ1) is 16.2. The fourth-order valence-corrected chi connectivity index (χ4v) is 4.59. The molecule has 0 radical (unpaired) electrons. The van der Waals surface area contributed by atoms with Gasteiger partial charge in [0.1, 0.15) is 27.6 Å². The predicted molar refractivity (Wildman–Crippen MR) is 140 cm³/mol. The van der Waals surface area contributed by atoms with E-state index in [4.69, 9.17) is 60.6 Å². The number of ketones is 1. The molecule has 0 atom stereocenters. The SMILES string of the molecule is CC(=O)c1sc(-c2ccc(OCCCOc3c(Cl)cc(OCC=C(Cl)Cl)cc3Cl)cc2)nc1C. The number of hydrogen-bond acceptors (Lipinski definition) is 6. The molecule has 0 bridgehead atoms. The molecular formula is C24H21Cl4NO4S. The molecule has 0 saturated carbocycles. The number of hydrogen-bond donors (Lipinski definition) is 0. The maximum atomic E-state index is 11.6. The van der Waals surface area contributed by atoms with Crippen LogP contribution >= 0.6 is 57.7 Å². The van der Waals surface area contributed by atoms with Crippen molar-refractivity contribution in [3.63, 3.8) is 0 Å². The molecule has 10 heteroatoms. The number of rotatable bonds is 11. The maximum absolute atomic E-state index is 11.6. The number of halogens is 4. The minimum absolute atomic E-state index is 0.0281. The topological polar surface area (TPSA) is 57.7 Å². The van der Waals surface area contributed by atoms with Crippen LogP contribution in [0.5, 0.6) is 17.2 Å². The van der Waals surface area contributed by atoms with Gasteiger partial charge in [-0.25, -0.2) is 4.98 Å². The van der Waals surface area contributed by atoms with E-state index >= 15 is 0 Å². The largest absolute Gasteiger partial charge is 0.493 e. The molecule has 3 rings (SSSR count). The van der Waals surface area contributed by atoms with Gasteiger partial charge in [0.2, 0.25) is 0 Å². The molecule has 5 nitrogen and oxygen atoms in total. The highest BCUT2D eigenvalue weighted by atomic mass is 35.5. The molecule has 0 aliphatic heterocycles. The van der Waals surface area contributed by atoms with Crippen molar-refractivity contribution in [2.75, 3.05) is 19.8 Å². The number of aryl methyl sites for hydroxylation is 1. The number of ether oxygens (including phenoxy) is 3. The Hall–Kier alpha value is -1.96. The Morgan fingerprint density at radius 2 is 1.65 bits per heavy atom. The molecule has 0 fully saturated rings. The monoisotopic (exact) mass is 559 g/mol. The van der Waals surface area contributed by atoms with Gasteiger partial charge in [-0.1, -0.05) is 46.4 Å². The predicted octanol–water partition coefficient (Wildman–Crippen LogP) is 8.17. The Bertz CT molecular complexity index is 1150. The molecular weight excluding hydrogens is 540 g/mol. The van der Waals surface area contributed by atoms with Crippen LogP contribution in [0.4, 0.5) is 0 Å². The number of Topliss-reactive ketones (excluding diaryl/α,β-unsaturated/α-hetero) is 1. The van der Waals surface area contributed by atoms with Gasteiger partial charge in [-0.2, -0.15) is 0 Å². The Kier molecular flexibility index (Phi) is 9.92. The summed E-state index contributed by atoms with van der Waals surface area (Å²) >= 11 is 25.0. The van der Waals surface area contributed by atoms with Gasteiger partial charge >= 0.3 is 0 Å². The second-order valence-corrected chi connectivity index (χ2v) is 9.91. The van der Waals surface area contributed by atoms with Crippen LogP contribution in [-0.4, -0.2) is 30.6 Å². The fourth-order valence-electron chi connectivity index (χ4n) is 2.92. The minimum Gasteiger partial charge on any atom is -0.493 e. The molecule has 1 aromatic heterocycles. The van der Waals surface area contributed by atoms with Gasteiger partial charge in [-0.05, 0) is 37.3 Å². The van der Waals surface area contributed by atoms with Crippen LogP contribution in [-0.2, 0) is 0 Å². The molecule has 0 aliphatic carbocycles. The Labute approximate surface area is 222 Å². The standard InChI is InChI=1S/C24H21Cl4NO4S/c1-14-23(15(2)30)34-24(29-14)16-4-6-17(7-5-16)31-9-3-10-33-22-19(25)12-18(13-20(22)26)32-11-8-21(27)28/h4-8,12-13H,3,9-11H2,1-2H3. The summed E-state index contributed by atoms with van der Waals surface area (Å²) in [6.45, 7) is 4.41. The lowest BCUT2D eigenvalue weighted by Gasteiger charge is -2.12. The van der Waals surface area contributed by atoms with Gasteiger partial charge in [-0.3, -0.25) is 4.79 Å². The molecule has 34 heavy (non-hydrogen) atoms. The van der Waals surface area contributed by atoms with Crippen LogP contribution in [0.1, 0.15) is 28.7 Å². The number of carbonyl (C=O) groups is 1. The van der Waals surface area contributed by atoms with Gasteiger partial charge in [0.15, 0.2) is 11.5 Å². The lowest BCUT2D eigenvalue weighted by Crippen LogP contribution is -2.05. The van der Waals surface area contributed by atoms with Gasteiger partial charge in [0.05, 0.1) is 33.8 Å². The number of aromatic nitrogens is 1. The summed E-state index contributed by atoms with van der Waals surface area (Å²) in [7, 11) is 0. The molecule has 180 valence electrons. The second-order valence-electron chi connectivity index (χ2n) is 7.09. The van der Waals surface area contributed by atoms with Crippen LogP contribution in [0.25, 0.3) is 10.6 Å². The van der Waals surface area contributed by atoms with Gasteiger partial charge < -0.3 is 14.2 Å². The average molecular weight is 561 g/mol. The lowest BCUT2D eigenvalue weighted by atomic mass is 10.2. The van der Waals surface area contributed by atoms with E-state index < -0.39 is 0 Å². The van der Waals surface area contributed by atoms with Crippen LogP contribution in [0.15, 0.2) is 47.0 Å². The van der Waals surface area contributed by atoms with E-state index in [9.17, 15) is 4.79 Å². The van der Waals surface area contributed by atoms with Gasteiger partial charge in [0.25, 0.3) is 0 Å². The smallest absolute Gasteiger partial charge is 0.171 e. The third kappa shape index (κ3) is 7.52. The van der Waals surface area contributed by atoms with Crippen LogP contribution in [0, 0.1) is 6.92 Å². The molecule has 0 N–H and O–H groups in total. The van der Waals surface area contributed by atoms with E-state index in [1.807, 2.05) is 31.2 Å². The average Bonchev–Trinajstić information content (AvgIpc) is 3.17. The zero-order valence-corrected chi connectivity index (χ0v) is 22.2. The summed E-state index contributed by atoms with van der Waals surface area (Å²) in [5, 5.41) is 1.49. The Morgan fingerprint density at radius 3 is 2.24 bits per heavy atom. The Balaban J connectivity index is 1.46. The zero-order valence-electron chi connectivity index (χ0n) is 18.4. The van der Waals surface area contributed by atoms with E-state index in [2.05, 4.69) is 4.98 Å². The molecule has 0 aliphatic rings. The molecule has 0 spiro atoms. The van der Waals surface area contributed by atoms with E-state index in [0.29, 0.717) is 46.1 Å². The third-order valence-electron chi connectivity index (χ3n) is 4.48. The summed E-state index contributed by atoms with van der Waals surface area (Å²) in [5.41, 5.74) is 1.69. The molecule has 3 aromatic rings. The van der Waals surface area contributed by atoms with E-state index in [1.54, 1.807) is 19.1 Å². The summed E-state index contributed by atoms with van der Waals surface area (Å²) in [4.78, 5) is 16.8. The normalized spacial score (nSPS) is 10.6.